The van der Waals surface area contributed by atoms with Gasteiger partial charge < -0.3 is 4.74 Å². The van der Waals surface area contributed by atoms with Gasteiger partial charge in [-0.3, -0.25) is 9.69 Å². The molecule has 6 heteroatoms. The number of ether oxygens (including phenoxy) is 1. The number of hydrogen-bond acceptors (Lipinski definition) is 3. The summed E-state index contributed by atoms with van der Waals surface area (Å²) in [5.41, 5.74) is 1.09. The molecule has 4 nitrogen and oxygen atoms in total. The van der Waals surface area contributed by atoms with E-state index in [4.69, 9.17) is 16.3 Å². The van der Waals surface area contributed by atoms with E-state index < -0.39 is 5.82 Å². The molecule has 3 rings (SSSR count). The predicted molar refractivity (Wildman–Crippen MR) is 104 cm³/mol. The molecule has 0 aliphatic carbocycles. The summed E-state index contributed by atoms with van der Waals surface area (Å²) in [7, 11) is 0. The number of hydrogen-bond donors (Lipinski definition) is 0. The summed E-state index contributed by atoms with van der Waals surface area (Å²) in [4.78, 5) is 19.0. The highest BCUT2D eigenvalue weighted by atomic mass is 35.5. The molecular formula is C21H18ClFN2O2. The smallest absolute Gasteiger partial charge is 0.259 e. The van der Waals surface area contributed by atoms with Crippen molar-refractivity contribution < 1.29 is 13.9 Å². The monoisotopic (exact) mass is 384 g/mol. The summed E-state index contributed by atoms with van der Waals surface area (Å²) in [5.74, 6) is 0.411. The van der Waals surface area contributed by atoms with Gasteiger partial charge in [-0.2, -0.15) is 0 Å². The van der Waals surface area contributed by atoms with Crippen molar-refractivity contribution in [1.29, 1.82) is 0 Å². The van der Waals surface area contributed by atoms with Gasteiger partial charge in [0, 0.05) is 16.8 Å². The summed E-state index contributed by atoms with van der Waals surface area (Å²) in [6, 6.07) is 16.4. The van der Waals surface area contributed by atoms with E-state index in [9.17, 15) is 9.18 Å². The van der Waals surface area contributed by atoms with Crippen LogP contribution in [0.5, 0.6) is 5.75 Å². The van der Waals surface area contributed by atoms with Crippen molar-refractivity contribution >= 4 is 23.3 Å². The molecule has 138 valence electrons. The summed E-state index contributed by atoms with van der Waals surface area (Å²) in [6.07, 6.45) is 1.61. The highest BCUT2D eigenvalue weighted by molar-refractivity contribution is 6.31. The molecule has 1 heterocycles. The molecular weight excluding hydrogens is 367 g/mol. The number of carbonyl (C=O) groups is 1. The van der Waals surface area contributed by atoms with Gasteiger partial charge in [0.05, 0.1) is 13.2 Å². The highest BCUT2D eigenvalue weighted by Gasteiger charge is 2.21. The van der Waals surface area contributed by atoms with Crippen LogP contribution in [0.25, 0.3) is 0 Å². The molecule has 0 spiro atoms. The van der Waals surface area contributed by atoms with Crippen LogP contribution in [-0.2, 0) is 6.54 Å². The largest absolute Gasteiger partial charge is 0.494 e. The first-order valence-electron chi connectivity index (χ1n) is 8.48. The summed E-state index contributed by atoms with van der Waals surface area (Å²) >= 11 is 6.16. The Kier molecular flexibility index (Phi) is 6.04. The van der Waals surface area contributed by atoms with E-state index in [0.29, 0.717) is 29.3 Å². The molecule has 0 fully saturated rings. The minimum Gasteiger partial charge on any atom is -0.494 e. The fraction of sp³-hybridized carbons (Fsp3) is 0.143. The van der Waals surface area contributed by atoms with Crippen molar-refractivity contribution in [3.8, 4) is 5.75 Å². The van der Waals surface area contributed by atoms with Crippen molar-refractivity contribution in [3.63, 3.8) is 0 Å². The van der Waals surface area contributed by atoms with Crippen molar-refractivity contribution in [3.05, 3.63) is 88.8 Å². The lowest BCUT2D eigenvalue weighted by molar-refractivity contribution is 0.0984. The van der Waals surface area contributed by atoms with Crippen LogP contribution in [0, 0.1) is 5.82 Å². The van der Waals surface area contributed by atoms with Crippen LogP contribution in [0.3, 0.4) is 0 Å². The fourth-order valence-electron chi connectivity index (χ4n) is 2.63. The van der Waals surface area contributed by atoms with Crippen LogP contribution in [0.2, 0.25) is 5.02 Å². The molecule has 1 aromatic heterocycles. The predicted octanol–water partition coefficient (Wildman–Crippen LogP) is 5.12. The first kappa shape index (κ1) is 18.9. The maximum atomic E-state index is 13.4. The molecule has 0 bridgehead atoms. The van der Waals surface area contributed by atoms with Crippen LogP contribution < -0.4 is 9.64 Å². The average molecular weight is 385 g/mol. The number of halogens is 2. The number of carbonyl (C=O) groups excluding carboxylic acids is 1. The third-order valence-corrected chi connectivity index (χ3v) is 4.26. The van der Waals surface area contributed by atoms with Crippen molar-refractivity contribution in [2.45, 2.75) is 13.5 Å². The van der Waals surface area contributed by atoms with Crippen LogP contribution in [0.15, 0.2) is 66.9 Å². The van der Waals surface area contributed by atoms with Crippen LogP contribution in [0.1, 0.15) is 22.8 Å². The summed E-state index contributed by atoms with van der Waals surface area (Å²) in [5, 5.41) is 0.256. The van der Waals surface area contributed by atoms with Crippen molar-refractivity contribution in [2.24, 2.45) is 0 Å². The van der Waals surface area contributed by atoms with E-state index in [0.717, 1.165) is 0 Å². The zero-order chi connectivity index (χ0) is 19.2. The van der Waals surface area contributed by atoms with E-state index in [1.54, 1.807) is 54.7 Å². The Morgan fingerprint density at radius 2 is 2.00 bits per heavy atom. The molecule has 1 amide bonds. The number of nitrogens with zero attached hydrogens (tertiary/aromatic N) is 2. The standard InChI is InChI=1S/C21H18ClFN2O2/c1-2-27-18-7-5-6-15(12-18)21(26)25(20-8-3-4-11-24-20)14-16-9-10-17(23)13-19(16)22/h3-13H,2,14H2,1H3. The van der Waals surface area contributed by atoms with Gasteiger partial charge in [-0.15, -0.1) is 0 Å². The zero-order valence-electron chi connectivity index (χ0n) is 14.7. The second-order valence-corrected chi connectivity index (χ2v) is 6.18. The summed E-state index contributed by atoms with van der Waals surface area (Å²) < 4.78 is 18.8. The van der Waals surface area contributed by atoms with E-state index >= 15 is 0 Å². The number of aromatic nitrogens is 1. The molecule has 0 N–H and O–H groups in total. The first-order chi connectivity index (χ1) is 13.1. The quantitative estimate of drug-likeness (QED) is 0.592. The van der Waals surface area contributed by atoms with Crippen molar-refractivity contribution in [2.75, 3.05) is 11.5 Å². The minimum atomic E-state index is -0.427. The Balaban J connectivity index is 1.97. The molecule has 0 atom stereocenters. The van der Waals surface area contributed by atoms with E-state index in [1.807, 2.05) is 6.92 Å². The Hall–Kier alpha value is -2.92. The van der Waals surface area contributed by atoms with E-state index in [1.165, 1.54) is 17.0 Å². The molecule has 2 aromatic carbocycles. The second-order valence-electron chi connectivity index (χ2n) is 5.78. The maximum absolute atomic E-state index is 13.4. The van der Waals surface area contributed by atoms with Gasteiger partial charge in [0.2, 0.25) is 0 Å². The van der Waals surface area contributed by atoms with Crippen LogP contribution in [0.4, 0.5) is 10.2 Å². The number of rotatable bonds is 6. The number of benzene rings is 2. The van der Waals surface area contributed by atoms with Gasteiger partial charge in [0.1, 0.15) is 17.4 Å². The number of anilines is 1. The van der Waals surface area contributed by atoms with Gasteiger partial charge in [0.15, 0.2) is 0 Å². The van der Waals surface area contributed by atoms with Gasteiger partial charge in [-0.05, 0) is 55.0 Å². The molecule has 0 aliphatic heterocycles. The first-order valence-corrected chi connectivity index (χ1v) is 8.86. The zero-order valence-corrected chi connectivity index (χ0v) is 15.5. The Morgan fingerprint density at radius 3 is 2.70 bits per heavy atom. The molecule has 0 aliphatic rings. The summed E-state index contributed by atoms with van der Waals surface area (Å²) in [6.45, 7) is 2.55. The molecule has 0 saturated carbocycles. The molecule has 0 saturated heterocycles. The molecule has 27 heavy (non-hydrogen) atoms. The highest BCUT2D eigenvalue weighted by Crippen LogP contribution is 2.24. The second kappa shape index (κ2) is 8.64. The third-order valence-electron chi connectivity index (χ3n) is 3.91. The van der Waals surface area contributed by atoms with Crippen LogP contribution in [-0.4, -0.2) is 17.5 Å². The van der Waals surface area contributed by atoms with Gasteiger partial charge in [-0.25, -0.2) is 9.37 Å². The number of pyridine rings is 1. The Bertz CT molecular complexity index is 934. The van der Waals surface area contributed by atoms with Gasteiger partial charge >= 0.3 is 0 Å². The minimum absolute atomic E-state index is 0.161. The molecule has 3 aromatic rings. The lowest BCUT2D eigenvalue weighted by Crippen LogP contribution is -2.31. The van der Waals surface area contributed by atoms with E-state index in [-0.39, 0.29) is 17.5 Å². The van der Waals surface area contributed by atoms with Gasteiger partial charge in [-0.1, -0.05) is 29.8 Å². The topological polar surface area (TPSA) is 42.4 Å². The lowest BCUT2D eigenvalue weighted by atomic mass is 10.1. The Morgan fingerprint density at radius 1 is 1.15 bits per heavy atom. The molecule has 0 unspecified atom stereocenters. The normalized spacial score (nSPS) is 10.5. The van der Waals surface area contributed by atoms with Crippen molar-refractivity contribution in [1.82, 2.24) is 4.98 Å². The fourth-order valence-corrected chi connectivity index (χ4v) is 2.86. The SMILES string of the molecule is CCOc1cccc(C(=O)N(Cc2ccc(F)cc2Cl)c2ccccn2)c1. The van der Waals surface area contributed by atoms with E-state index in [2.05, 4.69) is 4.98 Å². The average Bonchev–Trinajstić information content (AvgIpc) is 2.68. The Labute approximate surface area is 162 Å². The number of amides is 1. The third kappa shape index (κ3) is 4.63. The van der Waals surface area contributed by atoms with Crippen LogP contribution >= 0.6 is 11.6 Å². The van der Waals surface area contributed by atoms with Gasteiger partial charge in [0.25, 0.3) is 5.91 Å². The lowest BCUT2D eigenvalue weighted by Gasteiger charge is -2.23. The maximum Gasteiger partial charge on any atom is 0.259 e. The molecule has 0 radical (unpaired) electrons.